The second-order valence-electron chi connectivity index (χ2n) is 9.74. The Labute approximate surface area is 241 Å². The lowest BCUT2D eigenvalue weighted by molar-refractivity contribution is -0.139. The van der Waals surface area contributed by atoms with E-state index in [2.05, 4.69) is 5.32 Å². The Balaban J connectivity index is 2.02. The maximum atomic E-state index is 13.9. The first kappa shape index (κ1) is 31.0. The minimum Gasteiger partial charge on any atom is -0.494 e. The zero-order chi connectivity index (χ0) is 29.4. The topological polar surface area (TPSA) is 96.0 Å². The molecular formula is C30H36ClN3O5S. The van der Waals surface area contributed by atoms with Gasteiger partial charge in [-0.15, -0.1) is 0 Å². The van der Waals surface area contributed by atoms with E-state index in [0.29, 0.717) is 23.1 Å². The summed E-state index contributed by atoms with van der Waals surface area (Å²) in [6, 6.07) is 18.9. The summed E-state index contributed by atoms with van der Waals surface area (Å²) in [5.41, 5.74) is 1.95. The van der Waals surface area contributed by atoms with Crippen LogP contribution in [-0.2, 0) is 26.2 Å². The number of carbonyl (C=O) groups excluding carboxylic acids is 2. The number of hydrogen-bond donors (Lipinski definition) is 1. The molecule has 0 aliphatic rings. The molecule has 0 aromatic heterocycles. The van der Waals surface area contributed by atoms with Gasteiger partial charge in [-0.05, 0) is 88.7 Å². The highest BCUT2D eigenvalue weighted by Crippen LogP contribution is 2.27. The standard InChI is InChI=1S/C30H36ClN3O5S/c1-6-39-27-15-13-26(14-16-27)34(40(37,38)28-17-7-22(4)8-18-28)20-29(35)33(23(5)30(36)32-21(2)3)19-24-9-11-25(31)12-10-24/h7-18,21,23H,6,19-20H2,1-5H3,(H,32,36). The van der Waals surface area contributed by atoms with Crippen molar-refractivity contribution in [1.29, 1.82) is 0 Å². The zero-order valence-corrected chi connectivity index (χ0v) is 25.0. The Bertz CT molecular complexity index is 1390. The van der Waals surface area contributed by atoms with Crippen LogP contribution in [0.3, 0.4) is 0 Å². The highest BCUT2D eigenvalue weighted by molar-refractivity contribution is 7.92. The van der Waals surface area contributed by atoms with Crippen molar-refractivity contribution < 1.29 is 22.7 Å². The fraction of sp³-hybridized carbons (Fsp3) is 0.333. The number of carbonyl (C=O) groups is 2. The number of nitrogens with zero attached hydrogens (tertiary/aromatic N) is 2. The van der Waals surface area contributed by atoms with Crippen LogP contribution < -0.4 is 14.4 Å². The summed E-state index contributed by atoms with van der Waals surface area (Å²) >= 11 is 6.04. The molecule has 1 N–H and O–H groups in total. The Hall–Kier alpha value is -3.56. The third-order valence-electron chi connectivity index (χ3n) is 6.19. The van der Waals surface area contributed by atoms with Gasteiger partial charge in [-0.1, -0.05) is 41.4 Å². The first-order chi connectivity index (χ1) is 18.9. The summed E-state index contributed by atoms with van der Waals surface area (Å²) in [5, 5.41) is 3.38. The van der Waals surface area contributed by atoms with Crippen LogP contribution in [0.4, 0.5) is 5.69 Å². The molecule has 214 valence electrons. The molecule has 1 atom stereocenters. The molecule has 0 saturated heterocycles. The van der Waals surface area contributed by atoms with Gasteiger partial charge in [0.05, 0.1) is 17.2 Å². The lowest BCUT2D eigenvalue weighted by Gasteiger charge is -2.32. The molecule has 0 fully saturated rings. The van der Waals surface area contributed by atoms with Crippen molar-refractivity contribution >= 4 is 39.1 Å². The molecule has 40 heavy (non-hydrogen) atoms. The number of benzene rings is 3. The van der Waals surface area contributed by atoms with Crippen LogP contribution >= 0.6 is 11.6 Å². The quantitative estimate of drug-likeness (QED) is 0.316. The largest absolute Gasteiger partial charge is 0.494 e. The first-order valence-corrected chi connectivity index (χ1v) is 14.9. The number of ether oxygens (including phenoxy) is 1. The van der Waals surface area contributed by atoms with Gasteiger partial charge >= 0.3 is 0 Å². The number of halogens is 1. The molecule has 0 bridgehead atoms. The lowest BCUT2D eigenvalue weighted by Crippen LogP contribution is -2.52. The minimum atomic E-state index is -4.14. The van der Waals surface area contributed by atoms with Crippen molar-refractivity contribution in [3.63, 3.8) is 0 Å². The number of aryl methyl sites for hydroxylation is 1. The summed E-state index contributed by atoms with van der Waals surface area (Å²) < 4.78 is 34.4. The number of sulfonamides is 1. The van der Waals surface area contributed by atoms with E-state index in [1.54, 1.807) is 67.6 Å². The maximum absolute atomic E-state index is 13.9. The molecule has 3 aromatic rings. The van der Waals surface area contributed by atoms with Gasteiger partial charge in [-0.3, -0.25) is 13.9 Å². The number of hydrogen-bond acceptors (Lipinski definition) is 5. The number of rotatable bonds is 12. The van der Waals surface area contributed by atoms with Crippen molar-refractivity contribution in [3.8, 4) is 5.75 Å². The van der Waals surface area contributed by atoms with Gasteiger partial charge in [0.2, 0.25) is 11.8 Å². The molecule has 1 unspecified atom stereocenters. The highest BCUT2D eigenvalue weighted by Gasteiger charge is 2.32. The van der Waals surface area contributed by atoms with Gasteiger partial charge in [-0.25, -0.2) is 8.42 Å². The van der Waals surface area contributed by atoms with Crippen LogP contribution in [0.1, 0.15) is 38.8 Å². The smallest absolute Gasteiger partial charge is 0.264 e. The monoisotopic (exact) mass is 585 g/mol. The van der Waals surface area contributed by atoms with E-state index in [0.717, 1.165) is 15.4 Å². The second kappa shape index (κ2) is 13.7. The minimum absolute atomic E-state index is 0.0506. The molecule has 8 nitrogen and oxygen atoms in total. The molecular weight excluding hydrogens is 550 g/mol. The maximum Gasteiger partial charge on any atom is 0.264 e. The summed E-state index contributed by atoms with van der Waals surface area (Å²) in [6.07, 6.45) is 0. The van der Waals surface area contributed by atoms with Gasteiger partial charge in [0.25, 0.3) is 10.0 Å². The van der Waals surface area contributed by atoms with Crippen molar-refractivity contribution in [2.24, 2.45) is 0 Å². The molecule has 3 aromatic carbocycles. The summed E-state index contributed by atoms with van der Waals surface area (Å²) in [7, 11) is -4.14. The van der Waals surface area contributed by atoms with Crippen molar-refractivity contribution in [2.75, 3.05) is 17.5 Å². The average molecular weight is 586 g/mol. The molecule has 0 spiro atoms. The predicted molar refractivity (Wildman–Crippen MR) is 158 cm³/mol. The van der Waals surface area contributed by atoms with E-state index in [4.69, 9.17) is 16.3 Å². The lowest BCUT2D eigenvalue weighted by atomic mass is 10.1. The number of amides is 2. The van der Waals surface area contributed by atoms with Gasteiger partial charge in [-0.2, -0.15) is 0 Å². The van der Waals surface area contributed by atoms with E-state index in [9.17, 15) is 18.0 Å². The van der Waals surface area contributed by atoms with Gasteiger partial charge in [0.15, 0.2) is 0 Å². The number of anilines is 1. The van der Waals surface area contributed by atoms with Crippen LogP contribution in [-0.4, -0.2) is 50.4 Å². The van der Waals surface area contributed by atoms with Crippen LogP contribution in [0.25, 0.3) is 0 Å². The normalized spacial score (nSPS) is 12.1. The Morgan fingerprint density at radius 2 is 1.52 bits per heavy atom. The molecule has 3 rings (SSSR count). The Morgan fingerprint density at radius 1 is 0.925 bits per heavy atom. The van der Waals surface area contributed by atoms with Crippen molar-refractivity contribution in [1.82, 2.24) is 10.2 Å². The van der Waals surface area contributed by atoms with E-state index in [1.807, 2.05) is 27.7 Å². The molecule has 0 radical (unpaired) electrons. The fourth-order valence-electron chi connectivity index (χ4n) is 4.02. The van der Waals surface area contributed by atoms with E-state index < -0.39 is 28.5 Å². The van der Waals surface area contributed by atoms with E-state index in [1.165, 1.54) is 17.0 Å². The fourth-order valence-corrected chi connectivity index (χ4v) is 5.56. The summed E-state index contributed by atoms with van der Waals surface area (Å²) in [4.78, 5) is 28.3. The van der Waals surface area contributed by atoms with Gasteiger partial charge in [0, 0.05) is 17.6 Å². The van der Waals surface area contributed by atoms with Crippen molar-refractivity contribution in [2.45, 2.75) is 58.1 Å². The van der Waals surface area contributed by atoms with Crippen LogP contribution in [0, 0.1) is 6.92 Å². The molecule has 0 heterocycles. The molecule has 0 aliphatic heterocycles. The third kappa shape index (κ3) is 7.99. The molecule has 0 saturated carbocycles. The molecule has 10 heteroatoms. The Kier molecular flexibility index (Phi) is 10.6. The van der Waals surface area contributed by atoms with Crippen LogP contribution in [0.15, 0.2) is 77.7 Å². The van der Waals surface area contributed by atoms with Crippen LogP contribution in [0.5, 0.6) is 5.75 Å². The SMILES string of the molecule is CCOc1ccc(N(CC(=O)N(Cc2ccc(Cl)cc2)C(C)C(=O)NC(C)C)S(=O)(=O)c2ccc(C)cc2)cc1. The number of nitrogens with one attached hydrogen (secondary N) is 1. The first-order valence-electron chi connectivity index (χ1n) is 13.1. The summed E-state index contributed by atoms with van der Waals surface area (Å²) in [6.45, 7) is 9.03. The van der Waals surface area contributed by atoms with Crippen LogP contribution in [0.2, 0.25) is 5.02 Å². The Morgan fingerprint density at radius 3 is 2.08 bits per heavy atom. The highest BCUT2D eigenvalue weighted by atomic mass is 35.5. The third-order valence-corrected chi connectivity index (χ3v) is 8.23. The summed E-state index contributed by atoms with van der Waals surface area (Å²) in [5.74, 6) is -0.300. The van der Waals surface area contributed by atoms with Gasteiger partial charge < -0.3 is 15.0 Å². The molecule has 0 aliphatic carbocycles. The second-order valence-corrected chi connectivity index (χ2v) is 12.0. The van der Waals surface area contributed by atoms with Crippen molar-refractivity contribution in [3.05, 3.63) is 88.9 Å². The van der Waals surface area contributed by atoms with E-state index >= 15 is 0 Å². The van der Waals surface area contributed by atoms with E-state index in [-0.39, 0.29) is 23.4 Å². The molecule has 2 amide bonds. The average Bonchev–Trinajstić information content (AvgIpc) is 2.91. The predicted octanol–water partition coefficient (Wildman–Crippen LogP) is 5.18. The zero-order valence-electron chi connectivity index (χ0n) is 23.4. The van der Waals surface area contributed by atoms with Gasteiger partial charge in [0.1, 0.15) is 18.3 Å².